The summed E-state index contributed by atoms with van der Waals surface area (Å²) in [4.78, 5) is 4.16. The number of ether oxygens (including phenoxy) is 1. The van der Waals surface area contributed by atoms with Crippen LogP contribution in [0.3, 0.4) is 0 Å². The number of benzene rings is 3. The van der Waals surface area contributed by atoms with E-state index in [-0.39, 0.29) is 38.5 Å². The minimum Gasteiger partial charge on any atom is -0.452 e. The van der Waals surface area contributed by atoms with E-state index in [1.165, 1.54) is 41.3 Å². The fraction of sp³-hybridized carbons (Fsp3) is 0.0909. The topological polar surface area (TPSA) is 39.9 Å². The van der Waals surface area contributed by atoms with Gasteiger partial charge in [0.1, 0.15) is 12.1 Å². The van der Waals surface area contributed by atoms with Crippen molar-refractivity contribution in [3.63, 3.8) is 0 Å². The summed E-state index contributed by atoms with van der Waals surface area (Å²) in [5.41, 5.74) is -0.616. The van der Waals surface area contributed by atoms with E-state index in [0.717, 1.165) is 0 Å². The standard InChI is InChI=1S/C22H11Cl4F4N3O/c1-33-9-31-21(32-33)10-5-12(18-13(23)3-2-4-17(18)27)19(14(24)6-10)34-20-15(25)7-11(8-16(20)26)22(28,29)30/h2-9H,1H3. The molecule has 0 aliphatic rings. The van der Waals surface area contributed by atoms with Crippen LogP contribution < -0.4 is 4.74 Å². The first-order chi connectivity index (χ1) is 16.0. The normalized spacial score (nSPS) is 11.7. The van der Waals surface area contributed by atoms with Crippen LogP contribution >= 0.6 is 46.4 Å². The second-order valence-electron chi connectivity index (χ2n) is 7.04. The molecular weight excluding hydrogens is 540 g/mol. The van der Waals surface area contributed by atoms with Crippen LogP contribution in [0.1, 0.15) is 5.56 Å². The van der Waals surface area contributed by atoms with E-state index in [4.69, 9.17) is 51.1 Å². The van der Waals surface area contributed by atoms with Gasteiger partial charge < -0.3 is 4.74 Å². The molecule has 4 nitrogen and oxygen atoms in total. The van der Waals surface area contributed by atoms with Crippen LogP contribution in [0.5, 0.6) is 11.5 Å². The van der Waals surface area contributed by atoms with Crippen molar-refractivity contribution < 1.29 is 22.3 Å². The number of nitrogens with zero attached hydrogens (tertiary/aromatic N) is 3. The average Bonchev–Trinajstić information content (AvgIpc) is 3.17. The molecule has 0 aliphatic heterocycles. The predicted octanol–water partition coefficient (Wildman–Crippen LogP) is 8.71. The van der Waals surface area contributed by atoms with E-state index in [0.29, 0.717) is 17.7 Å². The predicted molar refractivity (Wildman–Crippen MR) is 123 cm³/mol. The van der Waals surface area contributed by atoms with Crippen LogP contribution in [0.15, 0.2) is 48.8 Å². The van der Waals surface area contributed by atoms with Crippen molar-refractivity contribution in [1.29, 1.82) is 0 Å². The number of alkyl halides is 3. The molecule has 176 valence electrons. The van der Waals surface area contributed by atoms with Gasteiger partial charge in [-0.3, -0.25) is 4.68 Å². The minimum atomic E-state index is -4.67. The van der Waals surface area contributed by atoms with Crippen molar-refractivity contribution >= 4 is 46.4 Å². The summed E-state index contributed by atoms with van der Waals surface area (Å²) in [5.74, 6) is -0.827. The Kier molecular flexibility index (Phi) is 6.70. The van der Waals surface area contributed by atoms with Crippen LogP contribution in [-0.4, -0.2) is 14.8 Å². The maximum absolute atomic E-state index is 14.9. The Hall–Kier alpha value is -2.52. The zero-order valence-electron chi connectivity index (χ0n) is 16.9. The lowest BCUT2D eigenvalue weighted by atomic mass is 10.0. The number of aromatic nitrogens is 3. The number of aryl methyl sites for hydroxylation is 1. The first-order valence-corrected chi connectivity index (χ1v) is 10.8. The molecule has 0 N–H and O–H groups in total. The SMILES string of the molecule is Cn1cnc(-c2cc(Cl)c(Oc3c(Cl)cc(C(F)(F)F)cc3Cl)c(-c3c(F)cccc3Cl)c2)n1. The highest BCUT2D eigenvalue weighted by Gasteiger charge is 2.32. The molecule has 12 heteroatoms. The average molecular weight is 551 g/mol. The quantitative estimate of drug-likeness (QED) is 0.238. The van der Waals surface area contributed by atoms with E-state index < -0.39 is 27.6 Å². The van der Waals surface area contributed by atoms with Crippen molar-refractivity contribution in [2.24, 2.45) is 7.05 Å². The summed E-state index contributed by atoms with van der Waals surface area (Å²) < 4.78 is 61.4. The van der Waals surface area contributed by atoms with E-state index in [1.54, 1.807) is 7.05 Å². The van der Waals surface area contributed by atoms with Gasteiger partial charge in [0.25, 0.3) is 0 Å². The highest BCUT2D eigenvalue weighted by atomic mass is 35.5. The Morgan fingerprint density at radius 1 is 0.882 bits per heavy atom. The molecule has 0 unspecified atom stereocenters. The largest absolute Gasteiger partial charge is 0.452 e. The van der Waals surface area contributed by atoms with Gasteiger partial charge in [0, 0.05) is 23.7 Å². The van der Waals surface area contributed by atoms with Gasteiger partial charge in [-0.05, 0) is 36.4 Å². The van der Waals surface area contributed by atoms with E-state index in [2.05, 4.69) is 10.1 Å². The summed E-state index contributed by atoms with van der Waals surface area (Å²) >= 11 is 24.9. The maximum atomic E-state index is 14.9. The van der Waals surface area contributed by atoms with Crippen molar-refractivity contribution in [1.82, 2.24) is 14.8 Å². The summed E-state index contributed by atoms with van der Waals surface area (Å²) in [6.45, 7) is 0. The Morgan fingerprint density at radius 2 is 1.53 bits per heavy atom. The van der Waals surface area contributed by atoms with Crippen molar-refractivity contribution in [3.05, 3.63) is 80.3 Å². The monoisotopic (exact) mass is 549 g/mol. The van der Waals surface area contributed by atoms with Crippen molar-refractivity contribution in [3.8, 4) is 34.0 Å². The third kappa shape index (κ3) is 4.81. The Labute approximate surface area is 210 Å². The van der Waals surface area contributed by atoms with Gasteiger partial charge in [-0.15, -0.1) is 0 Å². The Morgan fingerprint density at radius 3 is 2.09 bits per heavy atom. The summed E-state index contributed by atoms with van der Waals surface area (Å²) in [6.07, 6.45) is -3.21. The lowest BCUT2D eigenvalue weighted by Crippen LogP contribution is -2.05. The first kappa shape index (κ1) is 24.6. The highest BCUT2D eigenvalue weighted by Crippen LogP contribution is 2.48. The van der Waals surface area contributed by atoms with Gasteiger partial charge >= 0.3 is 6.18 Å². The van der Waals surface area contributed by atoms with Crippen molar-refractivity contribution in [2.75, 3.05) is 0 Å². The van der Waals surface area contributed by atoms with Gasteiger partial charge in [0.05, 0.1) is 25.7 Å². The molecule has 0 radical (unpaired) electrons. The lowest BCUT2D eigenvalue weighted by Gasteiger charge is -2.18. The highest BCUT2D eigenvalue weighted by molar-refractivity contribution is 6.37. The molecule has 3 aromatic carbocycles. The molecule has 1 heterocycles. The van der Waals surface area contributed by atoms with E-state index in [9.17, 15) is 17.6 Å². The number of halogens is 8. The van der Waals surface area contributed by atoms with Gasteiger partial charge in [-0.2, -0.15) is 18.3 Å². The molecule has 0 saturated carbocycles. The molecule has 0 amide bonds. The molecular formula is C22H11Cl4F4N3O. The molecule has 0 spiro atoms. The van der Waals surface area contributed by atoms with Crippen LogP contribution in [0.4, 0.5) is 17.6 Å². The van der Waals surface area contributed by atoms with Crippen molar-refractivity contribution in [2.45, 2.75) is 6.18 Å². The van der Waals surface area contributed by atoms with Gasteiger partial charge in [0.15, 0.2) is 17.3 Å². The zero-order chi connectivity index (χ0) is 24.8. The molecule has 0 aliphatic carbocycles. The van der Waals surface area contributed by atoms with Gasteiger partial charge in [-0.25, -0.2) is 9.37 Å². The summed E-state index contributed by atoms with van der Waals surface area (Å²) in [5, 5.41) is 3.37. The molecule has 0 bridgehead atoms. The Bertz CT molecular complexity index is 1360. The fourth-order valence-corrected chi connectivity index (χ4v) is 4.25. The first-order valence-electron chi connectivity index (χ1n) is 9.33. The maximum Gasteiger partial charge on any atom is 0.416 e. The molecule has 4 aromatic rings. The zero-order valence-corrected chi connectivity index (χ0v) is 19.9. The second kappa shape index (κ2) is 9.26. The lowest BCUT2D eigenvalue weighted by molar-refractivity contribution is -0.137. The van der Waals surface area contributed by atoms with Crippen LogP contribution in [0.25, 0.3) is 22.5 Å². The summed E-state index contributed by atoms with van der Waals surface area (Å²) in [7, 11) is 1.67. The fourth-order valence-electron chi connectivity index (χ4n) is 3.16. The third-order valence-corrected chi connectivity index (χ3v) is 5.82. The van der Waals surface area contributed by atoms with E-state index in [1.807, 2.05) is 0 Å². The molecule has 0 saturated heterocycles. The minimum absolute atomic E-state index is 0.0358. The molecule has 4 rings (SSSR count). The number of hydrogen-bond donors (Lipinski definition) is 0. The molecule has 0 atom stereocenters. The smallest absolute Gasteiger partial charge is 0.416 e. The van der Waals surface area contributed by atoms with Crippen LogP contribution in [0, 0.1) is 5.82 Å². The molecule has 34 heavy (non-hydrogen) atoms. The second-order valence-corrected chi connectivity index (χ2v) is 8.67. The Balaban J connectivity index is 1.93. The van der Waals surface area contributed by atoms with Gasteiger partial charge in [-0.1, -0.05) is 52.5 Å². The van der Waals surface area contributed by atoms with Crippen LogP contribution in [-0.2, 0) is 13.2 Å². The number of hydrogen-bond acceptors (Lipinski definition) is 3. The number of rotatable bonds is 4. The van der Waals surface area contributed by atoms with Gasteiger partial charge in [0.2, 0.25) is 0 Å². The summed E-state index contributed by atoms with van der Waals surface area (Å²) in [6, 6.07) is 8.33. The third-order valence-electron chi connectivity index (χ3n) is 4.66. The van der Waals surface area contributed by atoms with E-state index >= 15 is 0 Å². The van der Waals surface area contributed by atoms with Crippen LogP contribution in [0.2, 0.25) is 20.1 Å². The molecule has 0 fully saturated rings. The molecule has 1 aromatic heterocycles.